The van der Waals surface area contributed by atoms with Crippen LogP contribution in [0.4, 0.5) is 8.78 Å². The maximum absolute atomic E-state index is 13.4. The van der Waals surface area contributed by atoms with Crippen molar-refractivity contribution in [2.24, 2.45) is 0 Å². The van der Waals surface area contributed by atoms with Crippen LogP contribution in [0, 0.1) is 11.6 Å². The molecule has 0 amide bonds. The predicted octanol–water partition coefficient (Wildman–Crippen LogP) is 1.37. The van der Waals surface area contributed by atoms with Crippen molar-refractivity contribution in [2.75, 3.05) is 32.7 Å². The molecule has 5 heteroatoms. The summed E-state index contributed by atoms with van der Waals surface area (Å²) in [5.74, 6) is -1.11. The minimum Gasteiger partial charge on any atom is -0.315 e. The van der Waals surface area contributed by atoms with Crippen LogP contribution in [0.3, 0.4) is 0 Å². The number of ketones is 1. The van der Waals surface area contributed by atoms with E-state index in [1.807, 2.05) is 0 Å². The van der Waals surface area contributed by atoms with Crippen molar-refractivity contribution in [3.63, 3.8) is 0 Å². The number of carbonyl (C=O) groups excluding carboxylic acids is 1. The summed E-state index contributed by atoms with van der Waals surface area (Å²) in [7, 11) is 0. The Bertz CT molecular complexity index is 443. The van der Waals surface area contributed by atoms with E-state index in [0.29, 0.717) is 6.54 Å². The highest BCUT2D eigenvalue weighted by Crippen LogP contribution is 2.11. The standard InChI is InChI=1S/C14H18F2N2O/c15-12-2-3-14(16)11(8-12)9-13(19)10-18-6-1-4-17-5-7-18/h2-3,8,17H,1,4-7,9-10H2. The molecular weight excluding hydrogens is 250 g/mol. The number of carbonyl (C=O) groups is 1. The van der Waals surface area contributed by atoms with E-state index in [-0.39, 0.29) is 17.8 Å². The normalized spacial score (nSPS) is 17.2. The van der Waals surface area contributed by atoms with Crippen molar-refractivity contribution in [3.8, 4) is 0 Å². The number of hydrogen-bond acceptors (Lipinski definition) is 3. The first kappa shape index (κ1) is 14.1. The maximum Gasteiger partial charge on any atom is 0.151 e. The molecule has 0 bridgehead atoms. The lowest BCUT2D eigenvalue weighted by molar-refractivity contribution is -0.119. The molecule has 1 fully saturated rings. The zero-order valence-corrected chi connectivity index (χ0v) is 10.8. The summed E-state index contributed by atoms with van der Waals surface area (Å²) in [4.78, 5) is 14.0. The predicted molar refractivity (Wildman–Crippen MR) is 69.0 cm³/mol. The van der Waals surface area contributed by atoms with Gasteiger partial charge in [-0.3, -0.25) is 9.69 Å². The number of nitrogens with zero attached hydrogens (tertiary/aromatic N) is 1. The summed E-state index contributed by atoms with van der Waals surface area (Å²) < 4.78 is 26.4. The third kappa shape index (κ3) is 4.36. The number of nitrogens with one attached hydrogen (secondary N) is 1. The first-order chi connectivity index (χ1) is 9.15. The third-order valence-corrected chi connectivity index (χ3v) is 3.23. The van der Waals surface area contributed by atoms with Gasteiger partial charge in [-0.2, -0.15) is 0 Å². The van der Waals surface area contributed by atoms with Crippen molar-refractivity contribution >= 4 is 5.78 Å². The molecule has 0 radical (unpaired) electrons. The SMILES string of the molecule is O=C(Cc1cc(F)ccc1F)CN1CCCNCC1. The van der Waals surface area contributed by atoms with E-state index in [1.165, 1.54) is 0 Å². The van der Waals surface area contributed by atoms with Gasteiger partial charge in [-0.05, 0) is 43.3 Å². The fourth-order valence-corrected chi connectivity index (χ4v) is 2.26. The molecule has 3 nitrogen and oxygen atoms in total. The van der Waals surface area contributed by atoms with E-state index in [1.54, 1.807) is 0 Å². The highest BCUT2D eigenvalue weighted by atomic mass is 19.1. The van der Waals surface area contributed by atoms with E-state index in [4.69, 9.17) is 0 Å². The highest BCUT2D eigenvalue weighted by molar-refractivity contribution is 5.82. The number of rotatable bonds is 4. The molecule has 0 atom stereocenters. The first-order valence-corrected chi connectivity index (χ1v) is 6.54. The topological polar surface area (TPSA) is 32.3 Å². The van der Waals surface area contributed by atoms with Gasteiger partial charge in [-0.25, -0.2) is 8.78 Å². The zero-order valence-electron chi connectivity index (χ0n) is 10.8. The fraction of sp³-hybridized carbons (Fsp3) is 0.500. The Morgan fingerprint density at radius 2 is 2.11 bits per heavy atom. The lowest BCUT2D eigenvalue weighted by Crippen LogP contribution is -2.33. The molecular formula is C14H18F2N2O. The van der Waals surface area contributed by atoms with Crippen molar-refractivity contribution < 1.29 is 13.6 Å². The van der Waals surface area contributed by atoms with Crippen LogP contribution in [0.1, 0.15) is 12.0 Å². The Kier molecular flexibility index (Phi) is 4.99. The summed E-state index contributed by atoms with van der Waals surface area (Å²) in [6.07, 6.45) is 0.954. The number of Topliss-reactive ketones (excluding diaryl/α,β-unsaturated/α-hetero) is 1. The molecule has 1 N–H and O–H groups in total. The molecule has 0 spiro atoms. The second kappa shape index (κ2) is 6.73. The minimum absolute atomic E-state index is 0.0481. The van der Waals surface area contributed by atoms with Gasteiger partial charge in [0.2, 0.25) is 0 Å². The Balaban J connectivity index is 1.91. The van der Waals surface area contributed by atoms with Gasteiger partial charge in [0.1, 0.15) is 11.6 Å². The van der Waals surface area contributed by atoms with Crippen LogP contribution in [0.25, 0.3) is 0 Å². The Morgan fingerprint density at radius 3 is 2.95 bits per heavy atom. The van der Waals surface area contributed by atoms with Gasteiger partial charge in [0.15, 0.2) is 5.78 Å². The van der Waals surface area contributed by atoms with Crippen molar-refractivity contribution in [1.82, 2.24) is 10.2 Å². The molecule has 104 valence electrons. The molecule has 0 aliphatic carbocycles. The summed E-state index contributed by atoms with van der Waals surface area (Å²) in [5.41, 5.74) is 0.137. The lowest BCUT2D eigenvalue weighted by atomic mass is 10.1. The number of hydrogen-bond donors (Lipinski definition) is 1. The van der Waals surface area contributed by atoms with Crippen LogP contribution in [-0.2, 0) is 11.2 Å². The van der Waals surface area contributed by atoms with Gasteiger partial charge in [-0.1, -0.05) is 0 Å². The minimum atomic E-state index is -0.521. The monoisotopic (exact) mass is 268 g/mol. The summed E-state index contributed by atoms with van der Waals surface area (Å²) in [6, 6.07) is 3.22. The van der Waals surface area contributed by atoms with E-state index < -0.39 is 11.6 Å². The molecule has 0 aromatic heterocycles. The third-order valence-electron chi connectivity index (χ3n) is 3.23. The second-order valence-corrected chi connectivity index (χ2v) is 4.83. The average Bonchev–Trinajstić information content (AvgIpc) is 2.62. The molecule has 1 aromatic carbocycles. The summed E-state index contributed by atoms with van der Waals surface area (Å²) in [6.45, 7) is 3.81. The van der Waals surface area contributed by atoms with Crippen molar-refractivity contribution in [2.45, 2.75) is 12.8 Å². The zero-order chi connectivity index (χ0) is 13.7. The fourth-order valence-electron chi connectivity index (χ4n) is 2.26. The van der Waals surface area contributed by atoms with Crippen LogP contribution < -0.4 is 5.32 Å². The van der Waals surface area contributed by atoms with E-state index in [2.05, 4.69) is 10.2 Å². The van der Waals surface area contributed by atoms with E-state index >= 15 is 0 Å². The van der Waals surface area contributed by atoms with Crippen LogP contribution in [-0.4, -0.2) is 43.4 Å². The molecule has 1 saturated heterocycles. The van der Waals surface area contributed by atoms with Crippen LogP contribution in [0.5, 0.6) is 0 Å². The van der Waals surface area contributed by atoms with Gasteiger partial charge in [0.25, 0.3) is 0 Å². The molecule has 0 saturated carbocycles. The summed E-state index contributed by atoms with van der Waals surface area (Å²) >= 11 is 0. The average molecular weight is 268 g/mol. The van der Waals surface area contributed by atoms with Gasteiger partial charge in [-0.15, -0.1) is 0 Å². The van der Waals surface area contributed by atoms with E-state index in [9.17, 15) is 13.6 Å². The Morgan fingerprint density at radius 1 is 1.26 bits per heavy atom. The second-order valence-electron chi connectivity index (χ2n) is 4.83. The number of benzene rings is 1. The van der Waals surface area contributed by atoms with E-state index in [0.717, 1.165) is 50.8 Å². The lowest BCUT2D eigenvalue weighted by Gasteiger charge is -2.18. The van der Waals surface area contributed by atoms with Crippen molar-refractivity contribution in [3.05, 3.63) is 35.4 Å². The maximum atomic E-state index is 13.4. The van der Waals surface area contributed by atoms with Gasteiger partial charge < -0.3 is 5.32 Å². The molecule has 2 rings (SSSR count). The number of halogens is 2. The van der Waals surface area contributed by atoms with Gasteiger partial charge in [0, 0.05) is 19.5 Å². The molecule has 1 aliphatic heterocycles. The van der Waals surface area contributed by atoms with Crippen molar-refractivity contribution in [1.29, 1.82) is 0 Å². The molecule has 1 aliphatic rings. The molecule has 0 unspecified atom stereocenters. The van der Waals surface area contributed by atoms with Gasteiger partial charge in [0.05, 0.1) is 6.54 Å². The molecule has 19 heavy (non-hydrogen) atoms. The largest absolute Gasteiger partial charge is 0.315 e. The Hall–Kier alpha value is -1.33. The van der Waals surface area contributed by atoms with Crippen LogP contribution in [0.15, 0.2) is 18.2 Å². The first-order valence-electron chi connectivity index (χ1n) is 6.54. The molecule has 1 heterocycles. The highest BCUT2D eigenvalue weighted by Gasteiger charge is 2.15. The molecule has 1 aromatic rings. The summed E-state index contributed by atoms with van der Waals surface area (Å²) in [5, 5.41) is 3.25. The quantitative estimate of drug-likeness (QED) is 0.895. The van der Waals surface area contributed by atoms with Gasteiger partial charge >= 0.3 is 0 Å². The smallest absolute Gasteiger partial charge is 0.151 e. The van der Waals surface area contributed by atoms with Crippen LogP contribution in [0.2, 0.25) is 0 Å². The van der Waals surface area contributed by atoms with Crippen LogP contribution >= 0.6 is 0 Å². The Labute approximate surface area is 111 Å².